The lowest BCUT2D eigenvalue weighted by Crippen LogP contribution is -2.42. The molecule has 0 bridgehead atoms. The monoisotopic (exact) mass is 237 g/mol. The number of aromatic nitrogens is 2. The number of piperidine rings is 1. The van der Waals surface area contributed by atoms with E-state index in [9.17, 15) is 5.11 Å². The maximum Gasteiger partial charge on any atom is 0.0693 e. The van der Waals surface area contributed by atoms with E-state index >= 15 is 0 Å². The Labute approximate surface area is 103 Å². The van der Waals surface area contributed by atoms with E-state index in [2.05, 4.69) is 34.6 Å². The molecule has 1 aromatic rings. The van der Waals surface area contributed by atoms with Crippen molar-refractivity contribution in [3.63, 3.8) is 0 Å². The molecule has 4 nitrogen and oxygen atoms in total. The van der Waals surface area contributed by atoms with Crippen molar-refractivity contribution in [3.8, 4) is 0 Å². The van der Waals surface area contributed by atoms with Gasteiger partial charge in [-0.2, -0.15) is 5.10 Å². The van der Waals surface area contributed by atoms with Gasteiger partial charge in [-0.05, 0) is 38.8 Å². The summed E-state index contributed by atoms with van der Waals surface area (Å²) in [5.41, 5.74) is 2.33. The third-order valence-electron chi connectivity index (χ3n) is 3.67. The van der Waals surface area contributed by atoms with Crippen molar-refractivity contribution >= 4 is 0 Å². The Bertz CT molecular complexity index is 375. The van der Waals surface area contributed by atoms with Crippen molar-refractivity contribution in [2.75, 3.05) is 13.1 Å². The fourth-order valence-electron chi connectivity index (χ4n) is 2.49. The van der Waals surface area contributed by atoms with Gasteiger partial charge in [0.1, 0.15) is 0 Å². The number of aliphatic hydroxyl groups excluding tert-OH is 1. The Morgan fingerprint density at radius 1 is 1.53 bits per heavy atom. The molecule has 0 aliphatic carbocycles. The first kappa shape index (κ1) is 12.6. The first-order valence-electron chi connectivity index (χ1n) is 6.54. The second-order valence-electron chi connectivity index (χ2n) is 5.16. The van der Waals surface area contributed by atoms with Crippen LogP contribution in [0.5, 0.6) is 0 Å². The van der Waals surface area contributed by atoms with E-state index in [1.165, 1.54) is 5.69 Å². The molecule has 0 aromatic carbocycles. The normalized spacial score (nSPS) is 26.4. The molecule has 2 rings (SSSR count). The Balaban J connectivity index is 2.00. The van der Waals surface area contributed by atoms with E-state index in [1.807, 2.05) is 6.92 Å². The van der Waals surface area contributed by atoms with Crippen molar-refractivity contribution in [1.82, 2.24) is 14.7 Å². The number of β-amino-alcohol motifs (C(OH)–C–C–N with tert-alkyl or cyclic N) is 1. The predicted molar refractivity (Wildman–Crippen MR) is 67.7 cm³/mol. The lowest BCUT2D eigenvalue weighted by molar-refractivity contribution is 0.0249. The van der Waals surface area contributed by atoms with E-state index in [-0.39, 0.29) is 6.10 Å². The van der Waals surface area contributed by atoms with Crippen molar-refractivity contribution in [2.45, 2.75) is 46.4 Å². The quantitative estimate of drug-likeness (QED) is 0.864. The summed E-state index contributed by atoms with van der Waals surface area (Å²) < 4.78 is 2.06. The van der Waals surface area contributed by atoms with Gasteiger partial charge in [-0.3, -0.25) is 9.58 Å². The van der Waals surface area contributed by atoms with Crippen molar-refractivity contribution in [3.05, 3.63) is 17.5 Å². The number of nitrogens with zero attached hydrogens (tertiary/aromatic N) is 3. The van der Waals surface area contributed by atoms with Gasteiger partial charge in [0.2, 0.25) is 0 Å². The summed E-state index contributed by atoms with van der Waals surface area (Å²) in [6.07, 6.45) is 0.906. The van der Waals surface area contributed by atoms with Gasteiger partial charge in [0.15, 0.2) is 0 Å². The van der Waals surface area contributed by atoms with Crippen LogP contribution >= 0.6 is 0 Å². The van der Waals surface area contributed by atoms with Crippen LogP contribution in [0.2, 0.25) is 0 Å². The van der Waals surface area contributed by atoms with Crippen molar-refractivity contribution in [2.24, 2.45) is 5.92 Å². The number of aryl methyl sites for hydroxylation is 2. The fourth-order valence-corrected chi connectivity index (χ4v) is 2.49. The molecule has 0 radical (unpaired) electrons. The number of hydrogen-bond donors (Lipinski definition) is 1. The Morgan fingerprint density at radius 3 is 2.94 bits per heavy atom. The van der Waals surface area contributed by atoms with Crippen molar-refractivity contribution < 1.29 is 5.11 Å². The first-order chi connectivity index (χ1) is 8.10. The molecular weight excluding hydrogens is 214 g/mol. The van der Waals surface area contributed by atoms with Crippen LogP contribution in [0, 0.1) is 12.8 Å². The third-order valence-corrected chi connectivity index (χ3v) is 3.67. The van der Waals surface area contributed by atoms with E-state index in [1.54, 1.807) is 0 Å². The molecular formula is C13H23N3O. The van der Waals surface area contributed by atoms with Crippen LogP contribution in [-0.4, -0.2) is 39.0 Å². The van der Waals surface area contributed by atoms with Crippen LogP contribution in [0.4, 0.5) is 0 Å². The molecule has 4 heteroatoms. The molecule has 1 saturated heterocycles. The number of aliphatic hydroxyl groups is 1. The molecule has 1 fully saturated rings. The molecule has 0 spiro atoms. The molecule has 1 aliphatic rings. The second-order valence-corrected chi connectivity index (χ2v) is 5.16. The van der Waals surface area contributed by atoms with Gasteiger partial charge in [0.05, 0.1) is 17.5 Å². The van der Waals surface area contributed by atoms with Gasteiger partial charge in [-0.15, -0.1) is 0 Å². The summed E-state index contributed by atoms with van der Waals surface area (Å²) in [5.74, 6) is 0.434. The average molecular weight is 237 g/mol. The standard InChI is InChI=1S/C13H23N3O/c1-4-16-12(7-11(3)14-16)8-15-6-5-10(2)13(17)9-15/h7,10,13,17H,4-6,8-9H2,1-3H3. The lowest BCUT2D eigenvalue weighted by atomic mass is 9.96. The molecule has 1 aliphatic heterocycles. The number of likely N-dealkylation sites (tertiary alicyclic amines) is 1. The molecule has 2 heterocycles. The minimum absolute atomic E-state index is 0.178. The van der Waals surface area contributed by atoms with Crippen LogP contribution in [0.15, 0.2) is 6.07 Å². The highest BCUT2D eigenvalue weighted by Crippen LogP contribution is 2.19. The van der Waals surface area contributed by atoms with Gasteiger partial charge in [0.25, 0.3) is 0 Å². The molecule has 1 aromatic heterocycles. The summed E-state index contributed by atoms with van der Waals surface area (Å²) in [5, 5.41) is 14.3. The summed E-state index contributed by atoms with van der Waals surface area (Å²) in [7, 11) is 0. The van der Waals surface area contributed by atoms with E-state index in [4.69, 9.17) is 0 Å². The van der Waals surface area contributed by atoms with Crippen LogP contribution in [0.3, 0.4) is 0 Å². The molecule has 2 unspecified atom stereocenters. The molecule has 0 amide bonds. The van der Waals surface area contributed by atoms with Crippen LogP contribution in [0.25, 0.3) is 0 Å². The highest BCUT2D eigenvalue weighted by Gasteiger charge is 2.24. The zero-order chi connectivity index (χ0) is 12.4. The van der Waals surface area contributed by atoms with Gasteiger partial charge in [-0.1, -0.05) is 6.92 Å². The fraction of sp³-hybridized carbons (Fsp3) is 0.769. The highest BCUT2D eigenvalue weighted by atomic mass is 16.3. The summed E-state index contributed by atoms with van der Waals surface area (Å²) in [4.78, 5) is 2.33. The van der Waals surface area contributed by atoms with Gasteiger partial charge in [0, 0.05) is 19.6 Å². The molecule has 1 N–H and O–H groups in total. The summed E-state index contributed by atoms with van der Waals surface area (Å²) in [6, 6.07) is 2.15. The smallest absolute Gasteiger partial charge is 0.0693 e. The van der Waals surface area contributed by atoms with Gasteiger partial charge < -0.3 is 5.11 Å². The SMILES string of the molecule is CCn1nc(C)cc1CN1CCC(C)C(O)C1. The van der Waals surface area contributed by atoms with Crippen molar-refractivity contribution in [1.29, 1.82) is 0 Å². The number of rotatable bonds is 3. The van der Waals surface area contributed by atoms with Gasteiger partial charge in [-0.25, -0.2) is 0 Å². The minimum atomic E-state index is -0.178. The van der Waals surface area contributed by atoms with E-state index < -0.39 is 0 Å². The predicted octanol–water partition coefficient (Wildman–Crippen LogP) is 1.41. The molecule has 2 atom stereocenters. The van der Waals surface area contributed by atoms with Gasteiger partial charge >= 0.3 is 0 Å². The maximum absolute atomic E-state index is 9.89. The third kappa shape index (κ3) is 2.87. The summed E-state index contributed by atoms with van der Waals surface area (Å²) >= 11 is 0. The molecule has 96 valence electrons. The first-order valence-corrected chi connectivity index (χ1v) is 6.54. The highest BCUT2D eigenvalue weighted by molar-refractivity contribution is 5.09. The zero-order valence-electron chi connectivity index (χ0n) is 11.1. The average Bonchev–Trinajstić information content (AvgIpc) is 2.64. The number of hydrogen-bond acceptors (Lipinski definition) is 3. The van der Waals surface area contributed by atoms with E-state index in [0.717, 1.165) is 38.3 Å². The molecule has 0 saturated carbocycles. The maximum atomic E-state index is 9.89. The Kier molecular flexibility index (Phi) is 3.84. The van der Waals surface area contributed by atoms with Crippen LogP contribution < -0.4 is 0 Å². The largest absolute Gasteiger partial charge is 0.392 e. The Morgan fingerprint density at radius 2 is 2.29 bits per heavy atom. The molecule has 17 heavy (non-hydrogen) atoms. The van der Waals surface area contributed by atoms with Crippen LogP contribution in [0.1, 0.15) is 31.7 Å². The lowest BCUT2D eigenvalue weighted by Gasteiger charge is -2.34. The zero-order valence-corrected chi connectivity index (χ0v) is 11.1. The van der Waals surface area contributed by atoms with Crippen LogP contribution in [-0.2, 0) is 13.1 Å². The summed E-state index contributed by atoms with van der Waals surface area (Å²) in [6.45, 7) is 9.95. The topological polar surface area (TPSA) is 41.3 Å². The second kappa shape index (κ2) is 5.19. The minimum Gasteiger partial charge on any atom is -0.392 e. The Hall–Kier alpha value is -0.870. The van der Waals surface area contributed by atoms with E-state index in [0.29, 0.717) is 5.92 Å².